The Balaban J connectivity index is 2.07. The molecular weight excluding hydrogens is 192 g/mol. The van der Waals surface area contributed by atoms with Crippen LogP contribution in [0.15, 0.2) is 29.3 Å². The van der Waals surface area contributed by atoms with E-state index in [1.807, 2.05) is 12.1 Å². The number of hydrogen-bond acceptors (Lipinski definition) is 4. The average Bonchev–Trinajstić information content (AvgIpc) is 2.69. The summed E-state index contributed by atoms with van der Waals surface area (Å²) in [6.07, 6.45) is 0.531. The molecule has 1 heterocycles. The van der Waals surface area contributed by atoms with Gasteiger partial charge in [0.05, 0.1) is 12.5 Å². The standard InChI is InChI=1S/C11H14N2O2/c12-6-9-7-15-11(13-9)5-8-3-1-2-4-10(8)14/h1-4,9,14H,5-7,12H2. The summed E-state index contributed by atoms with van der Waals surface area (Å²) >= 11 is 0. The zero-order valence-corrected chi connectivity index (χ0v) is 8.39. The third-order valence-electron chi connectivity index (χ3n) is 2.37. The van der Waals surface area contributed by atoms with Gasteiger partial charge in [0.2, 0.25) is 0 Å². The van der Waals surface area contributed by atoms with Crippen LogP contribution in [0.4, 0.5) is 0 Å². The maximum atomic E-state index is 9.56. The Morgan fingerprint density at radius 1 is 1.47 bits per heavy atom. The van der Waals surface area contributed by atoms with Crippen molar-refractivity contribution in [3.8, 4) is 5.75 Å². The fourth-order valence-corrected chi connectivity index (χ4v) is 1.51. The fourth-order valence-electron chi connectivity index (χ4n) is 1.51. The van der Waals surface area contributed by atoms with E-state index in [-0.39, 0.29) is 11.8 Å². The summed E-state index contributed by atoms with van der Waals surface area (Å²) in [6, 6.07) is 7.26. The molecule has 0 saturated carbocycles. The van der Waals surface area contributed by atoms with Crippen molar-refractivity contribution < 1.29 is 9.84 Å². The SMILES string of the molecule is NCC1COC(Cc2ccccc2O)=N1. The summed E-state index contributed by atoms with van der Waals surface area (Å²) in [5, 5.41) is 9.56. The summed E-state index contributed by atoms with van der Waals surface area (Å²) in [6.45, 7) is 1.06. The van der Waals surface area contributed by atoms with Crippen molar-refractivity contribution in [3.05, 3.63) is 29.8 Å². The van der Waals surface area contributed by atoms with E-state index in [1.54, 1.807) is 12.1 Å². The molecule has 0 bridgehead atoms. The number of rotatable bonds is 3. The zero-order valence-electron chi connectivity index (χ0n) is 8.39. The molecular formula is C11H14N2O2. The van der Waals surface area contributed by atoms with Crippen LogP contribution in [0.5, 0.6) is 5.75 Å². The summed E-state index contributed by atoms with van der Waals surface area (Å²) in [4.78, 5) is 4.30. The van der Waals surface area contributed by atoms with Crippen LogP contribution in [-0.4, -0.2) is 30.2 Å². The molecule has 0 aliphatic carbocycles. The van der Waals surface area contributed by atoms with Gasteiger partial charge in [0, 0.05) is 12.1 Å². The Kier molecular flexibility index (Phi) is 2.87. The molecule has 0 radical (unpaired) electrons. The van der Waals surface area contributed by atoms with Gasteiger partial charge >= 0.3 is 0 Å². The molecule has 1 aromatic rings. The molecule has 1 aromatic carbocycles. The normalized spacial score (nSPS) is 19.8. The minimum atomic E-state index is 0.0749. The maximum absolute atomic E-state index is 9.56. The van der Waals surface area contributed by atoms with Crippen molar-refractivity contribution in [1.82, 2.24) is 0 Å². The second kappa shape index (κ2) is 4.31. The van der Waals surface area contributed by atoms with Gasteiger partial charge in [0.1, 0.15) is 12.4 Å². The van der Waals surface area contributed by atoms with Crippen LogP contribution in [0.3, 0.4) is 0 Å². The summed E-state index contributed by atoms with van der Waals surface area (Å²) in [5.41, 5.74) is 6.31. The monoisotopic (exact) mass is 206 g/mol. The number of aromatic hydroxyl groups is 1. The van der Waals surface area contributed by atoms with E-state index in [1.165, 1.54) is 0 Å². The Morgan fingerprint density at radius 3 is 2.93 bits per heavy atom. The quantitative estimate of drug-likeness (QED) is 0.764. The Hall–Kier alpha value is -1.55. The predicted octanol–water partition coefficient (Wildman–Crippen LogP) is 0.691. The van der Waals surface area contributed by atoms with Gasteiger partial charge in [-0.1, -0.05) is 18.2 Å². The molecule has 0 amide bonds. The highest BCUT2D eigenvalue weighted by molar-refractivity contribution is 5.80. The van der Waals surface area contributed by atoms with Crippen LogP contribution in [-0.2, 0) is 11.2 Å². The molecule has 0 fully saturated rings. The third-order valence-corrected chi connectivity index (χ3v) is 2.37. The van der Waals surface area contributed by atoms with Gasteiger partial charge < -0.3 is 15.6 Å². The van der Waals surface area contributed by atoms with Gasteiger partial charge in [0.15, 0.2) is 5.90 Å². The first kappa shape index (κ1) is 9.98. The Morgan fingerprint density at radius 2 is 2.27 bits per heavy atom. The van der Waals surface area contributed by atoms with Crippen LogP contribution < -0.4 is 5.73 Å². The first-order chi connectivity index (χ1) is 7.29. The topological polar surface area (TPSA) is 67.8 Å². The highest BCUT2D eigenvalue weighted by Gasteiger charge is 2.17. The lowest BCUT2D eigenvalue weighted by atomic mass is 10.1. The highest BCUT2D eigenvalue weighted by atomic mass is 16.5. The Labute approximate surface area is 88.4 Å². The molecule has 15 heavy (non-hydrogen) atoms. The van der Waals surface area contributed by atoms with Gasteiger partial charge in [-0.15, -0.1) is 0 Å². The average molecular weight is 206 g/mol. The summed E-state index contributed by atoms with van der Waals surface area (Å²) in [7, 11) is 0. The summed E-state index contributed by atoms with van der Waals surface area (Å²) in [5.74, 6) is 0.937. The lowest BCUT2D eigenvalue weighted by Crippen LogP contribution is -2.18. The van der Waals surface area contributed by atoms with E-state index in [9.17, 15) is 5.11 Å². The molecule has 2 rings (SSSR count). The van der Waals surface area contributed by atoms with Crippen molar-refractivity contribution >= 4 is 5.90 Å². The molecule has 0 saturated heterocycles. The van der Waals surface area contributed by atoms with Crippen molar-refractivity contribution in [3.63, 3.8) is 0 Å². The van der Waals surface area contributed by atoms with Crippen molar-refractivity contribution in [2.75, 3.05) is 13.2 Å². The molecule has 4 nitrogen and oxygen atoms in total. The van der Waals surface area contributed by atoms with Crippen LogP contribution in [0.2, 0.25) is 0 Å². The maximum Gasteiger partial charge on any atom is 0.188 e. The first-order valence-electron chi connectivity index (χ1n) is 4.96. The summed E-state index contributed by atoms with van der Waals surface area (Å²) < 4.78 is 5.37. The van der Waals surface area contributed by atoms with E-state index < -0.39 is 0 Å². The minimum Gasteiger partial charge on any atom is -0.508 e. The molecule has 4 heteroatoms. The first-order valence-corrected chi connectivity index (χ1v) is 4.96. The van der Waals surface area contributed by atoms with Gasteiger partial charge in [-0.05, 0) is 6.07 Å². The van der Waals surface area contributed by atoms with Crippen LogP contribution in [0, 0.1) is 0 Å². The minimum absolute atomic E-state index is 0.0749. The molecule has 0 aromatic heterocycles. The predicted molar refractivity (Wildman–Crippen MR) is 58.0 cm³/mol. The molecule has 0 spiro atoms. The number of aliphatic imine (C=N–C) groups is 1. The van der Waals surface area contributed by atoms with Crippen molar-refractivity contribution in [2.45, 2.75) is 12.5 Å². The molecule has 1 atom stereocenters. The number of phenolic OH excluding ortho intramolecular Hbond substituents is 1. The van der Waals surface area contributed by atoms with E-state index in [2.05, 4.69) is 4.99 Å². The smallest absolute Gasteiger partial charge is 0.188 e. The van der Waals surface area contributed by atoms with E-state index >= 15 is 0 Å². The van der Waals surface area contributed by atoms with Crippen molar-refractivity contribution in [2.24, 2.45) is 10.7 Å². The van der Waals surface area contributed by atoms with Crippen molar-refractivity contribution in [1.29, 1.82) is 0 Å². The molecule has 80 valence electrons. The van der Waals surface area contributed by atoms with Crippen LogP contribution in [0.25, 0.3) is 0 Å². The molecule has 1 unspecified atom stereocenters. The third kappa shape index (κ3) is 2.27. The number of para-hydroxylation sites is 1. The van der Waals surface area contributed by atoms with E-state index in [0.717, 1.165) is 5.56 Å². The van der Waals surface area contributed by atoms with Gasteiger partial charge in [-0.25, -0.2) is 4.99 Å². The molecule has 3 N–H and O–H groups in total. The number of nitrogens with zero attached hydrogens (tertiary/aromatic N) is 1. The number of phenols is 1. The second-order valence-electron chi connectivity index (χ2n) is 3.53. The highest BCUT2D eigenvalue weighted by Crippen LogP contribution is 2.18. The zero-order chi connectivity index (χ0) is 10.7. The second-order valence-corrected chi connectivity index (χ2v) is 3.53. The largest absolute Gasteiger partial charge is 0.508 e. The van der Waals surface area contributed by atoms with Crippen LogP contribution in [0.1, 0.15) is 5.56 Å². The van der Waals surface area contributed by atoms with Gasteiger partial charge in [0.25, 0.3) is 0 Å². The number of ether oxygens (including phenoxy) is 1. The van der Waals surface area contributed by atoms with Crippen LogP contribution >= 0.6 is 0 Å². The molecule has 1 aliphatic heterocycles. The van der Waals surface area contributed by atoms with Gasteiger partial charge in [-0.3, -0.25) is 0 Å². The van der Waals surface area contributed by atoms with E-state index in [0.29, 0.717) is 25.5 Å². The number of hydrogen-bond donors (Lipinski definition) is 2. The fraction of sp³-hybridized carbons (Fsp3) is 0.364. The lowest BCUT2D eigenvalue weighted by Gasteiger charge is -2.03. The number of benzene rings is 1. The number of nitrogens with two attached hydrogens (primary N) is 1. The Bertz CT molecular complexity index is 377. The molecule has 1 aliphatic rings. The van der Waals surface area contributed by atoms with E-state index in [4.69, 9.17) is 10.5 Å². The lowest BCUT2D eigenvalue weighted by molar-refractivity contribution is 0.313. The van der Waals surface area contributed by atoms with Gasteiger partial charge in [-0.2, -0.15) is 0 Å².